The lowest BCUT2D eigenvalue weighted by molar-refractivity contribution is -0.137. The van der Waals surface area contributed by atoms with Gasteiger partial charge < -0.3 is 4.90 Å². The van der Waals surface area contributed by atoms with E-state index in [1.54, 1.807) is 6.20 Å². The van der Waals surface area contributed by atoms with Gasteiger partial charge in [0, 0.05) is 18.9 Å². The number of hydrogen-bond acceptors (Lipinski definition) is 3. The number of carbonyl (C=O) groups is 1. The van der Waals surface area contributed by atoms with Crippen molar-refractivity contribution < 1.29 is 4.79 Å². The predicted molar refractivity (Wildman–Crippen MR) is 94.4 cm³/mol. The van der Waals surface area contributed by atoms with E-state index in [-0.39, 0.29) is 18.0 Å². The Hall–Kier alpha value is -2.14. The van der Waals surface area contributed by atoms with Crippen LogP contribution in [-0.4, -0.2) is 51.7 Å². The second kappa shape index (κ2) is 7.62. The van der Waals surface area contributed by atoms with Gasteiger partial charge in [-0.25, -0.2) is 0 Å². The van der Waals surface area contributed by atoms with Gasteiger partial charge in [-0.1, -0.05) is 37.3 Å². The Morgan fingerprint density at radius 1 is 1.33 bits per heavy atom. The highest BCUT2D eigenvalue weighted by atomic mass is 16.2. The highest BCUT2D eigenvalue weighted by Gasteiger charge is 2.35. The van der Waals surface area contributed by atoms with Crippen molar-refractivity contribution in [3.63, 3.8) is 0 Å². The van der Waals surface area contributed by atoms with Gasteiger partial charge >= 0.3 is 0 Å². The summed E-state index contributed by atoms with van der Waals surface area (Å²) in [6.07, 6.45) is 5.87. The van der Waals surface area contributed by atoms with E-state index < -0.39 is 0 Å². The van der Waals surface area contributed by atoms with Crippen molar-refractivity contribution in [2.24, 2.45) is 0 Å². The second-order valence-corrected chi connectivity index (χ2v) is 6.44. The number of carbonyl (C=O) groups excluding carboxylic acids is 1. The molecule has 24 heavy (non-hydrogen) atoms. The summed E-state index contributed by atoms with van der Waals surface area (Å²) in [7, 11) is 2.02. The minimum Gasteiger partial charge on any atom is -0.336 e. The first-order valence-corrected chi connectivity index (χ1v) is 8.73. The quantitative estimate of drug-likeness (QED) is 0.819. The summed E-state index contributed by atoms with van der Waals surface area (Å²) >= 11 is 0. The van der Waals surface area contributed by atoms with Crippen molar-refractivity contribution >= 4 is 5.91 Å². The molecule has 0 aliphatic carbocycles. The van der Waals surface area contributed by atoms with Crippen LogP contribution in [0, 0.1) is 0 Å². The van der Waals surface area contributed by atoms with E-state index in [9.17, 15) is 4.79 Å². The molecule has 1 aromatic carbocycles. The first kappa shape index (κ1) is 16.7. The van der Waals surface area contributed by atoms with E-state index in [0.29, 0.717) is 0 Å². The van der Waals surface area contributed by atoms with E-state index in [1.807, 2.05) is 54.3 Å². The van der Waals surface area contributed by atoms with E-state index in [1.165, 1.54) is 0 Å². The van der Waals surface area contributed by atoms with Crippen molar-refractivity contribution in [3.05, 3.63) is 54.4 Å². The first-order chi connectivity index (χ1) is 11.7. The summed E-state index contributed by atoms with van der Waals surface area (Å²) in [6, 6.07) is 12.0. The molecule has 1 aliphatic heterocycles. The maximum absolute atomic E-state index is 13.3. The SMILES string of the molecule is CCN(C)[C@H](C(=O)N1CCC[C@@H]1Cn1cccn1)c1ccccc1. The monoisotopic (exact) mass is 326 g/mol. The van der Waals surface area contributed by atoms with Crippen LogP contribution in [0.1, 0.15) is 31.4 Å². The van der Waals surface area contributed by atoms with Gasteiger partial charge in [-0.2, -0.15) is 5.10 Å². The maximum atomic E-state index is 13.3. The Bertz CT molecular complexity index is 641. The van der Waals surface area contributed by atoms with Gasteiger partial charge in [0.2, 0.25) is 5.91 Å². The molecule has 5 nitrogen and oxygen atoms in total. The predicted octanol–water partition coefficient (Wildman–Crippen LogP) is 2.57. The molecular formula is C19H26N4O. The lowest BCUT2D eigenvalue weighted by Gasteiger charge is -2.33. The van der Waals surface area contributed by atoms with Crippen LogP contribution < -0.4 is 0 Å². The maximum Gasteiger partial charge on any atom is 0.244 e. The number of amides is 1. The molecule has 1 saturated heterocycles. The number of rotatable bonds is 6. The fraction of sp³-hybridized carbons (Fsp3) is 0.474. The number of likely N-dealkylation sites (N-methyl/N-ethyl adjacent to an activating group) is 1. The fourth-order valence-electron chi connectivity index (χ4n) is 3.50. The molecule has 0 spiro atoms. The molecule has 128 valence electrons. The third-order valence-corrected chi connectivity index (χ3v) is 4.91. The van der Waals surface area contributed by atoms with Crippen LogP contribution in [0.15, 0.2) is 48.8 Å². The van der Waals surface area contributed by atoms with Crippen LogP contribution in [0.4, 0.5) is 0 Å². The summed E-state index contributed by atoms with van der Waals surface area (Å²) in [4.78, 5) is 17.5. The van der Waals surface area contributed by atoms with Crippen molar-refractivity contribution in [2.45, 2.75) is 38.4 Å². The van der Waals surface area contributed by atoms with Gasteiger partial charge in [0.1, 0.15) is 6.04 Å². The molecule has 3 rings (SSSR count). The molecule has 2 aromatic rings. The Morgan fingerprint density at radius 2 is 2.12 bits per heavy atom. The second-order valence-electron chi connectivity index (χ2n) is 6.44. The topological polar surface area (TPSA) is 41.4 Å². The number of aromatic nitrogens is 2. The molecule has 0 saturated carbocycles. The molecule has 1 amide bonds. The molecule has 0 radical (unpaired) electrons. The van der Waals surface area contributed by atoms with E-state index in [4.69, 9.17) is 0 Å². The molecule has 1 aromatic heterocycles. The van der Waals surface area contributed by atoms with E-state index >= 15 is 0 Å². The summed E-state index contributed by atoms with van der Waals surface area (Å²) in [5.41, 5.74) is 1.07. The number of nitrogens with zero attached hydrogens (tertiary/aromatic N) is 4. The highest BCUT2D eigenvalue weighted by molar-refractivity contribution is 5.83. The molecule has 2 heterocycles. The normalized spacial score (nSPS) is 19.0. The third kappa shape index (κ3) is 3.51. The molecule has 2 atom stereocenters. The smallest absolute Gasteiger partial charge is 0.244 e. The minimum atomic E-state index is -0.213. The van der Waals surface area contributed by atoms with Crippen LogP contribution in [0.2, 0.25) is 0 Å². The molecule has 0 bridgehead atoms. The third-order valence-electron chi connectivity index (χ3n) is 4.91. The molecule has 0 unspecified atom stereocenters. The lowest BCUT2D eigenvalue weighted by atomic mass is 10.0. The summed E-state index contributed by atoms with van der Waals surface area (Å²) in [5.74, 6) is 0.209. The van der Waals surface area contributed by atoms with Gasteiger partial charge in [-0.3, -0.25) is 14.4 Å². The number of hydrogen-bond donors (Lipinski definition) is 0. The average Bonchev–Trinajstić information content (AvgIpc) is 3.28. The summed E-state index contributed by atoms with van der Waals surface area (Å²) in [6.45, 7) is 4.54. The van der Waals surface area contributed by atoms with Gasteiger partial charge in [0.15, 0.2) is 0 Å². The van der Waals surface area contributed by atoms with Gasteiger partial charge in [-0.05, 0) is 38.1 Å². The Balaban J connectivity index is 1.81. The van der Waals surface area contributed by atoms with E-state index in [2.05, 4.69) is 21.8 Å². The molecule has 1 aliphatic rings. The molecule has 0 N–H and O–H groups in total. The van der Waals surface area contributed by atoms with Crippen molar-refractivity contribution in [2.75, 3.05) is 20.1 Å². The highest BCUT2D eigenvalue weighted by Crippen LogP contribution is 2.27. The van der Waals surface area contributed by atoms with Crippen molar-refractivity contribution in [3.8, 4) is 0 Å². The van der Waals surface area contributed by atoms with Gasteiger partial charge in [-0.15, -0.1) is 0 Å². The largest absolute Gasteiger partial charge is 0.336 e. The Morgan fingerprint density at radius 3 is 2.79 bits per heavy atom. The van der Waals surface area contributed by atoms with Crippen LogP contribution in [0.25, 0.3) is 0 Å². The zero-order valence-electron chi connectivity index (χ0n) is 14.5. The van der Waals surface area contributed by atoms with Crippen LogP contribution in [-0.2, 0) is 11.3 Å². The Labute approximate surface area is 143 Å². The van der Waals surface area contributed by atoms with Crippen LogP contribution in [0.3, 0.4) is 0 Å². The zero-order chi connectivity index (χ0) is 16.9. The molecular weight excluding hydrogens is 300 g/mol. The summed E-state index contributed by atoms with van der Waals surface area (Å²) < 4.78 is 1.93. The lowest BCUT2D eigenvalue weighted by Crippen LogP contribution is -2.45. The minimum absolute atomic E-state index is 0.209. The average molecular weight is 326 g/mol. The van der Waals surface area contributed by atoms with Crippen molar-refractivity contribution in [1.82, 2.24) is 19.6 Å². The molecule has 5 heteroatoms. The van der Waals surface area contributed by atoms with Crippen molar-refractivity contribution in [1.29, 1.82) is 0 Å². The van der Waals surface area contributed by atoms with Crippen LogP contribution in [0.5, 0.6) is 0 Å². The molecule has 1 fully saturated rings. The zero-order valence-corrected chi connectivity index (χ0v) is 14.5. The first-order valence-electron chi connectivity index (χ1n) is 8.73. The van der Waals surface area contributed by atoms with Gasteiger partial charge in [0.05, 0.1) is 12.6 Å². The number of likely N-dealkylation sites (tertiary alicyclic amines) is 1. The Kier molecular flexibility index (Phi) is 5.30. The number of benzene rings is 1. The van der Waals surface area contributed by atoms with Crippen LogP contribution >= 0.6 is 0 Å². The van der Waals surface area contributed by atoms with E-state index in [0.717, 1.165) is 38.0 Å². The standard InChI is InChI=1S/C19H26N4O/c1-3-21(2)18(16-9-5-4-6-10-16)19(24)23-14-7-11-17(23)15-22-13-8-12-20-22/h4-6,8-10,12-13,17-18H,3,7,11,14-15H2,1-2H3/t17-,18+/m1/s1. The van der Waals surface area contributed by atoms with Gasteiger partial charge in [0.25, 0.3) is 0 Å². The fourth-order valence-corrected chi connectivity index (χ4v) is 3.50. The summed E-state index contributed by atoms with van der Waals surface area (Å²) in [5, 5.41) is 4.30.